The predicted octanol–water partition coefficient (Wildman–Crippen LogP) is 20.3. The molecular formula is C64H137N2O4P. The Hall–Kier alpha value is 0.0300. The number of quaternary nitrogens is 2. The van der Waals surface area contributed by atoms with E-state index < -0.39 is 7.82 Å². The number of phosphoric acid groups is 1. The summed E-state index contributed by atoms with van der Waals surface area (Å²) in [7, 11) is -5.14. The fourth-order valence-electron chi connectivity index (χ4n) is 11.1. The van der Waals surface area contributed by atoms with Crippen molar-refractivity contribution in [2.24, 2.45) is 0 Å². The van der Waals surface area contributed by atoms with E-state index in [1.807, 2.05) is 0 Å². The number of hydrogen-bond acceptors (Lipinski definition) is 3. The third-order valence-corrected chi connectivity index (χ3v) is 16.6. The van der Waals surface area contributed by atoms with Crippen LogP contribution in [0.3, 0.4) is 0 Å². The zero-order chi connectivity index (χ0) is 53.1. The highest BCUT2D eigenvalue weighted by molar-refractivity contribution is 7.42. The summed E-state index contributed by atoms with van der Waals surface area (Å²) in [4.78, 5) is 24.3. The maximum atomic E-state index is 8.66. The Labute approximate surface area is 450 Å². The van der Waals surface area contributed by atoms with Crippen molar-refractivity contribution in [1.29, 1.82) is 0 Å². The average Bonchev–Trinajstić information content (AvgIpc) is 3.36. The van der Waals surface area contributed by atoms with E-state index in [0.29, 0.717) is 0 Å². The van der Waals surface area contributed by atoms with Gasteiger partial charge < -0.3 is 28.2 Å². The van der Waals surface area contributed by atoms with Gasteiger partial charge >= 0.3 is 0 Å². The standard InChI is InChI=1S/2C32H68N.H3O4P/c2*1-5-9-11-13-15-17-19-21-23-25-27-29-31-33(7-3,8-4)32-30-28-26-24-22-20-18-16-14-12-10-6-2;1-5(2,3)4/h2*5-32H2,1-4H3;(H3,1,2,3,4)/q2*+1;/p-2. The predicted molar refractivity (Wildman–Crippen MR) is 316 cm³/mol. The molecule has 71 heavy (non-hydrogen) atoms. The lowest BCUT2D eigenvalue weighted by atomic mass is 10.0. The van der Waals surface area contributed by atoms with Crippen LogP contribution in [0.5, 0.6) is 0 Å². The Bertz CT molecular complexity index is 863. The highest BCUT2D eigenvalue weighted by Crippen LogP contribution is 2.20. The quantitative estimate of drug-likeness (QED) is 0.0374. The van der Waals surface area contributed by atoms with Crippen molar-refractivity contribution in [2.75, 3.05) is 52.4 Å². The highest BCUT2D eigenvalue weighted by atomic mass is 31.2. The van der Waals surface area contributed by atoms with Crippen LogP contribution in [0.2, 0.25) is 0 Å². The van der Waals surface area contributed by atoms with Gasteiger partial charge in [0.25, 0.3) is 0 Å². The van der Waals surface area contributed by atoms with E-state index in [-0.39, 0.29) is 0 Å². The van der Waals surface area contributed by atoms with Crippen LogP contribution in [-0.2, 0) is 4.57 Å². The van der Waals surface area contributed by atoms with Crippen molar-refractivity contribution in [2.45, 2.75) is 364 Å². The van der Waals surface area contributed by atoms with Crippen LogP contribution in [0.1, 0.15) is 364 Å². The average molecular weight is 1030 g/mol. The van der Waals surface area contributed by atoms with E-state index in [0.717, 1.165) is 0 Å². The fourth-order valence-corrected chi connectivity index (χ4v) is 11.1. The first-order valence-electron chi connectivity index (χ1n) is 32.9. The molecule has 0 aliphatic carbocycles. The summed E-state index contributed by atoms with van der Waals surface area (Å²) < 4.78 is 11.4. The largest absolute Gasteiger partial charge is 0.790 e. The molecule has 0 bridgehead atoms. The maximum absolute atomic E-state index is 8.66. The highest BCUT2D eigenvalue weighted by Gasteiger charge is 2.23. The van der Waals surface area contributed by atoms with E-state index in [9.17, 15) is 0 Å². The van der Waals surface area contributed by atoms with Crippen LogP contribution in [-0.4, -0.2) is 66.2 Å². The lowest BCUT2D eigenvalue weighted by molar-refractivity contribution is -0.925. The molecule has 0 aromatic carbocycles. The summed E-state index contributed by atoms with van der Waals surface area (Å²) in [5.74, 6) is 0. The van der Waals surface area contributed by atoms with Gasteiger partial charge in [0, 0.05) is 0 Å². The van der Waals surface area contributed by atoms with Gasteiger partial charge in [0.05, 0.1) is 60.2 Å². The van der Waals surface area contributed by atoms with Gasteiger partial charge in [-0.2, -0.15) is 0 Å². The molecule has 0 amide bonds. The Morgan fingerprint density at radius 3 is 0.437 bits per heavy atom. The molecule has 0 saturated heterocycles. The third kappa shape index (κ3) is 62.5. The molecule has 0 aliphatic rings. The first-order chi connectivity index (χ1) is 34.5. The lowest BCUT2D eigenvalue weighted by Crippen LogP contribution is -2.49. The Kier molecular flexibility index (Phi) is 64.5. The van der Waals surface area contributed by atoms with E-state index in [2.05, 4.69) is 55.4 Å². The molecule has 0 atom stereocenters. The van der Waals surface area contributed by atoms with Gasteiger partial charge in [0.15, 0.2) is 0 Å². The molecule has 0 aliphatic heterocycles. The first kappa shape index (κ1) is 75.3. The van der Waals surface area contributed by atoms with Crippen LogP contribution in [0.15, 0.2) is 0 Å². The summed E-state index contributed by atoms with van der Waals surface area (Å²) in [6, 6.07) is 0. The molecule has 6 nitrogen and oxygen atoms in total. The minimum Gasteiger partial charge on any atom is -0.790 e. The molecule has 0 rings (SSSR count). The molecule has 0 saturated carbocycles. The molecular weight excluding hydrogens is 892 g/mol. The third-order valence-electron chi connectivity index (χ3n) is 16.6. The normalized spacial score (nSPS) is 12.0. The zero-order valence-corrected chi connectivity index (χ0v) is 51.5. The summed E-state index contributed by atoms with van der Waals surface area (Å²) in [5, 5.41) is 0. The number of hydrogen-bond donors (Lipinski definition) is 1. The molecule has 7 heteroatoms. The van der Waals surface area contributed by atoms with Gasteiger partial charge in [-0.1, -0.05) is 285 Å². The summed E-state index contributed by atoms with van der Waals surface area (Å²) in [5.41, 5.74) is 0. The molecule has 1 N–H and O–H groups in total. The van der Waals surface area contributed by atoms with Crippen LogP contribution in [0.4, 0.5) is 0 Å². The number of unbranched alkanes of at least 4 members (excludes halogenated alkanes) is 44. The number of rotatable bonds is 56. The van der Waals surface area contributed by atoms with E-state index >= 15 is 0 Å². The molecule has 0 spiro atoms. The maximum Gasteiger partial charge on any atom is 0.0786 e. The SMILES string of the molecule is CCCCCCCCCCCCCC[N+](CC)(CC)CCCCCCCCCCCCCC.CCCCCCCCCCCCCC[N+](CC)(CC)CCCCCCCCCCCCCC.O=P([O-])([O-])O. The molecule has 0 heterocycles. The van der Waals surface area contributed by atoms with Crippen LogP contribution >= 0.6 is 7.82 Å². The molecule has 0 fully saturated rings. The van der Waals surface area contributed by atoms with Crippen LogP contribution in [0, 0.1) is 0 Å². The Balaban J connectivity index is -0.00000119. The van der Waals surface area contributed by atoms with E-state index in [1.54, 1.807) is 0 Å². The summed E-state index contributed by atoms with van der Waals surface area (Å²) in [6.07, 6.45) is 70.2. The molecule has 432 valence electrons. The van der Waals surface area contributed by atoms with Gasteiger partial charge in [-0.15, -0.1) is 0 Å². The number of nitrogens with zero attached hydrogens (tertiary/aromatic N) is 2. The molecule has 0 radical (unpaired) electrons. The minimum atomic E-state index is -5.14. The van der Waals surface area contributed by atoms with Gasteiger partial charge in [-0.05, 0) is 79.1 Å². The monoisotopic (exact) mass is 1030 g/mol. The van der Waals surface area contributed by atoms with Gasteiger partial charge in [0.2, 0.25) is 0 Å². The summed E-state index contributed by atoms with van der Waals surface area (Å²) >= 11 is 0. The fraction of sp³-hybridized carbons (Fsp3) is 1.00. The minimum absolute atomic E-state index is 1.34. The molecule has 0 aromatic heterocycles. The van der Waals surface area contributed by atoms with Crippen molar-refractivity contribution in [3.05, 3.63) is 0 Å². The zero-order valence-electron chi connectivity index (χ0n) is 50.6. The van der Waals surface area contributed by atoms with Crippen molar-refractivity contribution in [3.63, 3.8) is 0 Å². The van der Waals surface area contributed by atoms with Gasteiger partial charge in [-0.25, -0.2) is 0 Å². The smallest absolute Gasteiger partial charge is 0.0786 e. The van der Waals surface area contributed by atoms with Crippen molar-refractivity contribution in [1.82, 2.24) is 0 Å². The van der Waals surface area contributed by atoms with Crippen LogP contribution < -0.4 is 9.79 Å². The molecule has 0 aromatic rings. The Morgan fingerprint density at radius 2 is 0.338 bits per heavy atom. The van der Waals surface area contributed by atoms with Crippen LogP contribution in [0.25, 0.3) is 0 Å². The van der Waals surface area contributed by atoms with E-state index in [4.69, 9.17) is 19.2 Å². The van der Waals surface area contributed by atoms with Gasteiger partial charge in [-0.3, -0.25) is 0 Å². The first-order valence-corrected chi connectivity index (χ1v) is 34.4. The van der Waals surface area contributed by atoms with Crippen molar-refractivity contribution >= 4 is 7.82 Å². The molecule has 0 unspecified atom stereocenters. The second-order valence-corrected chi connectivity index (χ2v) is 23.8. The van der Waals surface area contributed by atoms with E-state index in [1.165, 1.54) is 370 Å². The summed E-state index contributed by atoms with van der Waals surface area (Å²) in [6.45, 7) is 30.1. The van der Waals surface area contributed by atoms with Crippen molar-refractivity contribution in [3.8, 4) is 0 Å². The topological polar surface area (TPSA) is 83.4 Å². The second kappa shape index (κ2) is 60.9. The van der Waals surface area contributed by atoms with Crippen molar-refractivity contribution < 1.29 is 28.2 Å². The van der Waals surface area contributed by atoms with Gasteiger partial charge in [0.1, 0.15) is 0 Å². The lowest BCUT2D eigenvalue weighted by Gasteiger charge is -2.37. The second-order valence-electron chi connectivity index (χ2n) is 22.9. The Morgan fingerprint density at radius 1 is 0.239 bits per heavy atom.